The van der Waals surface area contributed by atoms with Crippen molar-refractivity contribution in [1.29, 1.82) is 0 Å². The fraction of sp³-hybridized carbons (Fsp3) is 0.667. The van der Waals surface area contributed by atoms with Crippen LogP contribution >= 0.6 is 0 Å². The van der Waals surface area contributed by atoms with Crippen molar-refractivity contribution in [2.24, 2.45) is 12.0 Å². The highest BCUT2D eigenvalue weighted by atomic mass is 16.6. The van der Waals surface area contributed by atoms with Crippen molar-refractivity contribution in [3.8, 4) is 0 Å². The van der Waals surface area contributed by atoms with Crippen LogP contribution in [0.25, 0.3) is 0 Å². The van der Waals surface area contributed by atoms with Crippen LogP contribution in [0.4, 0.5) is 4.79 Å². The smallest absolute Gasteiger partial charge is 0.410 e. The molecule has 23 heavy (non-hydrogen) atoms. The highest BCUT2D eigenvalue weighted by Gasteiger charge is 2.34. The number of aliphatic imine (C=N–C) groups is 1. The molecule has 1 aliphatic heterocycles. The summed E-state index contributed by atoms with van der Waals surface area (Å²) in [7, 11) is 3.63. The lowest BCUT2D eigenvalue weighted by Crippen LogP contribution is -2.63. The van der Waals surface area contributed by atoms with E-state index in [1.165, 1.54) is 0 Å². The normalized spacial score (nSPS) is 16.0. The Labute approximate surface area is 136 Å². The predicted molar refractivity (Wildman–Crippen MR) is 88.1 cm³/mol. The summed E-state index contributed by atoms with van der Waals surface area (Å²) in [5.74, 6) is 0.708. The number of hydrogen-bond acceptors (Lipinski definition) is 4. The van der Waals surface area contributed by atoms with Crippen molar-refractivity contribution < 1.29 is 9.53 Å². The van der Waals surface area contributed by atoms with E-state index in [9.17, 15) is 4.79 Å². The Balaban J connectivity index is 1.73. The van der Waals surface area contributed by atoms with Gasteiger partial charge in [-0.2, -0.15) is 5.10 Å². The van der Waals surface area contributed by atoms with Crippen LogP contribution < -0.4 is 10.6 Å². The quantitative estimate of drug-likeness (QED) is 0.632. The molecule has 2 heterocycles. The zero-order chi connectivity index (χ0) is 17.0. The molecular formula is C15H26N6O2. The van der Waals surface area contributed by atoms with Crippen LogP contribution in [0, 0.1) is 0 Å². The Hall–Kier alpha value is -2.25. The first-order chi connectivity index (χ1) is 10.8. The van der Waals surface area contributed by atoms with Crippen molar-refractivity contribution in [1.82, 2.24) is 25.3 Å². The zero-order valence-corrected chi connectivity index (χ0v) is 14.5. The number of nitrogens with zero attached hydrogens (tertiary/aromatic N) is 4. The number of rotatable bonds is 3. The van der Waals surface area contributed by atoms with Gasteiger partial charge in [0.1, 0.15) is 5.60 Å². The monoisotopic (exact) mass is 322 g/mol. The molecule has 0 bridgehead atoms. The topological polar surface area (TPSA) is 83.8 Å². The molecule has 0 atom stereocenters. The second-order valence-electron chi connectivity index (χ2n) is 6.60. The number of guanidine groups is 1. The molecule has 1 aromatic heterocycles. The van der Waals surface area contributed by atoms with Crippen molar-refractivity contribution in [2.75, 3.05) is 20.1 Å². The molecule has 128 valence electrons. The fourth-order valence-electron chi connectivity index (χ4n) is 2.18. The van der Waals surface area contributed by atoms with Crippen LogP contribution in [0.15, 0.2) is 17.3 Å². The summed E-state index contributed by atoms with van der Waals surface area (Å²) in [5, 5.41) is 10.7. The SMILES string of the molecule is CN=C(NCc1ccnn1C)NC1CN(C(=O)OC(C)(C)C)C1. The maximum atomic E-state index is 11.9. The van der Waals surface area contributed by atoms with Gasteiger partial charge in [-0.25, -0.2) is 4.79 Å². The highest BCUT2D eigenvalue weighted by Crippen LogP contribution is 2.15. The van der Waals surface area contributed by atoms with Crippen molar-refractivity contribution in [2.45, 2.75) is 39.0 Å². The minimum absolute atomic E-state index is 0.181. The van der Waals surface area contributed by atoms with E-state index >= 15 is 0 Å². The molecule has 1 amide bonds. The maximum Gasteiger partial charge on any atom is 0.410 e. The van der Waals surface area contributed by atoms with Gasteiger partial charge in [0.2, 0.25) is 0 Å². The van der Waals surface area contributed by atoms with Gasteiger partial charge in [0.25, 0.3) is 0 Å². The number of nitrogens with one attached hydrogen (secondary N) is 2. The molecule has 1 aliphatic rings. The number of aromatic nitrogens is 2. The van der Waals surface area contributed by atoms with Crippen LogP contribution in [0.5, 0.6) is 0 Å². The first-order valence-electron chi connectivity index (χ1n) is 7.70. The van der Waals surface area contributed by atoms with Crippen LogP contribution in [0.2, 0.25) is 0 Å². The van der Waals surface area contributed by atoms with Gasteiger partial charge in [-0.05, 0) is 26.8 Å². The van der Waals surface area contributed by atoms with Crippen LogP contribution in [0.3, 0.4) is 0 Å². The van der Waals surface area contributed by atoms with Gasteiger partial charge < -0.3 is 20.3 Å². The molecule has 2 N–H and O–H groups in total. The van der Waals surface area contributed by atoms with E-state index in [0.717, 1.165) is 5.69 Å². The minimum atomic E-state index is -0.462. The number of carbonyl (C=O) groups excluding carboxylic acids is 1. The lowest BCUT2D eigenvalue weighted by Gasteiger charge is -2.40. The van der Waals surface area contributed by atoms with Gasteiger partial charge in [-0.15, -0.1) is 0 Å². The maximum absolute atomic E-state index is 11.9. The summed E-state index contributed by atoms with van der Waals surface area (Å²) >= 11 is 0. The summed E-state index contributed by atoms with van der Waals surface area (Å²) in [6, 6.07) is 2.13. The molecule has 0 unspecified atom stereocenters. The van der Waals surface area contributed by atoms with E-state index in [4.69, 9.17) is 4.74 Å². The molecule has 1 saturated heterocycles. The number of carbonyl (C=O) groups is 1. The largest absolute Gasteiger partial charge is 0.444 e. The van der Waals surface area contributed by atoms with E-state index < -0.39 is 5.60 Å². The summed E-state index contributed by atoms with van der Waals surface area (Å²) in [5.41, 5.74) is 0.605. The van der Waals surface area contributed by atoms with Gasteiger partial charge in [-0.1, -0.05) is 0 Å². The Kier molecular flexibility index (Phi) is 5.12. The third-order valence-electron chi connectivity index (χ3n) is 3.46. The molecule has 8 nitrogen and oxygen atoms in total. The van der Waals surface area contributed by atoms with E-state index in [2.05, 4.69) is 20.7 Å². The summed E-state index contributed by atoms with van der Waals surface area (Å²) in [4.78, 5) is 17.8. The third kappa shape index (κ3) is 4.87. The molecule has 1 aromatic rings. The molecule has 0 radical (unpaired) electrons. The molecule has 2 rings (SSSR count). The lowest BCUT2D eigenvalue weighted by molar-refractivity contribution is 0.00701. The predicted octanol–water partition coefficient (Wildman–Crippen LogP) is 0.704. The van der Waals surface area contributed by atoms with Gasteiger partial charge in [0.05, 0.1) is 18.3 Å². The highest BCUT2D eigenvalue weighted by molar-refractivity contribution is 5.80. The zero-order valence-electron chi connectivity index (χ0n) is 14.5. The molecule has 0 saturated carbocycles. The molecule has 1 fully saturated rings. The standard InChI is InChI=1S/C15H26N6O2/c1-15(2,3)23-14(22)21-9-11(10-21)19-13(16-4)17-8-12-6-7-18-20(12)5/h6-7,11H,8-10H2,1-5H3,(H2,16,17,19). The average Bonchev–Trinajstić information content (AvgIpc) is 2.80. The third-order valence-corrected chi connectivity index (χ3v) is 3.46. The molecule has 0 aliphatic carbocycles. The minimum Gasteiger partial charge on any atom is -0.444 e. The molecule has 8 heteroatoms. The van der Waals surface area contributed by atoms with Gasteiger partial charge in [0.15, 0.2) is 5.96 Å². The van der Waals surface area contributed by atoms with Crippen molar-refractivity contribution >= 4 is 12.1 Å². The first kappa shape index (κ1) is 17.1. The van der Waals surface area contributed by atoms with E-state index in [1.54, 1.807) is 18.1 Å². The Morgan fingerprint density at radius 1 is 1.48 bits per heavy atom. The number of amides is 1. The Bertz CT molecular complexity index is 569. The van der Waals surface area contributed by atoms with Gasteiger partial charge in [-0.3, -0.25) is 9.67 Å². The summed E-state index contributed by atoms with van der Waals surface area (Å²) < 4.78 is 7.15. The van der Waals surface area contributed by atoms with Crippen LogP contribution in [-0.4, -0.2) is 58.5 Å². The van der Waals surface area contributed by atoms with E-state index in [0.29, 0.717) is 25.6 Å². The van der Waals surface area contributed by atoms with Crippen molar-refractivity contribution in [3.63, 3.8) is 0 Å². The summed E-state index contributed by atoms with van der Waals surface area (Å²) in [6.45, 7) is 7.46. The van der Waals surface area contributed by atoms with Gasteiger partial charge >= 0.3 is 6.09 Å². The van der Waals surface area contributed by atoms with Crippen molar-refractivity contribution in [3.05, 3.63) is 18.0 Å². The number of aryl methyl sites for hydroxylation is 1. The Morgan fingerprint density at radius 2 is 2.17 bits per heavy atom. The number of hydrogen-bond donors (Lipinski definition) is 2. The van der Waals surface area contributed by atoms with Gasteiger partial charge in [0, 0.05) is 33.4 Å². The summed E-state index contributed by atoms with van der Waals surface area (Å²) in [6.07, 6.45) is 1.49. The molecule has 0 aromatic carbocycles. The second-order valence-corrected chi connectivity index (χ2v) is 6.60. The lowest BCUT2D eigenvalue weighted by atomic mass is 10.1. The van der Waals surface area contributed by atoms with E-state index in [-0.39, 0.29) is 12.1 Å². The fourth-order valence-corrected chi connectivity index (χ4v) is 2.18. The number of likely N-dealkylation sites (tertiary alicyclic amines) is 1. The van der Waals surface area contributed by atoms with Crippen LogP contribution in [0.1, 0.15) is 26.5 Å². The molecular weight excluding hydrogens is 296 g/mol. The molecule has 0 spiro atoms. The van der Waals surface area contributed by atoms with Crippen LogP contribution in [-0.2, 0) is 18.3 Å². The average molecular weight is 322 g/mol. The number of ether oxygens (including phenoxy) is 1. The first-order valence-corrected chi connectivity index (χ1v) is 7.70. The second kappa shape index (κ2) is 6.89. The Morgan fingerprint density at radius 3 is 2.70 bits per heavy atom. The van der Waals surface area contributed by atoms with E-state index in [1.807, 2.05) is 38.6 Å².